The first-order valence-corrected chi connectivity index (χ1v) is 7.38. The number of ether oxygens (including phenoxy) is 2. The molecule has 20 heavy (non-hydrogen) atoms. The summed E-state index contributed by atoms with van der Waals surface area (Å²) >= 11 is 0. The molecule has 108 valence electrons. The minimum atomic E-state index is -0.461. The van der Waals surface area contributed by atoms with Crippen molar-refractivity contribution in [3.8, 4) is 11.5 Å². The van der Waals surface area contributed by atoms with E-state index in [1.165, 1.54) is 6.42 Å². The fourth-order valence-electron chi connectivity index (χ4n) is 2.92. The molecule has 0 saturated carbocycles. The third-order valence-corrected chi connectivity index (χ3v) is 3.91. The fraction of sp³-hybridized carbons (Fsp3) is 0.529. The molecule has 0 radical (unpaired) electrons. The molecule has 0 amide bonds. The molecule has 0 aromatic heterocycles. The molecule has 0 spiro atoms. The van der Waals surface area contributed by atoms with E-state index in [0.717, 1.165) is 29.9 Å². The highest BCUT2D eigenvalue weighted by atomic mass is 16.5. The predicted molar refractivity (Wildman–Crippen MR) is 78.1 cm³/mol. The van der Waals surface area contributed by atoms with Crippen LogP contribution >= 0.6 is 0 Å². The largest absolute Gasteiger partial charge is 0.487 e. The van der Waals surface area contributed by atoms with Gasteiger partial charge in [0.2, 0.25) is 0 Å². The Morgan fingerprint density at radius 1 is 1.35 bits per heavy atom. The molecule has 1 aliphatic heterocycles. The van der Waals surface area contributed by atoms with E-state index in [0.29, 0.717) is 6.42 Å². The van der Waals surface area contributed by atoms with Gasteiger partial charge in [-0.05, 0) is 51.3 Å². The highest BCUT2D eigenvalue weighted by Crippen LogP contribution is 2.41. The smallest absolute Gasteiger partial charge is 0.129 e. The summed E-state index contributed by atoms with van der Waals surface area (Å²) < 4.78 is 11.9. The monoisotopic (exact) mass is 274 g/mol. The van der Waals surface area contributed by atoms with Gasteiger partial charge in [-0.15, -0.1) is 0 Å². The first-order valence-electron chi connectivity index (χ1n) is 7.38. The lowest BCUT2D eigenvalue weighted by Gasteiger charge is -2.35. The van der Waals surface area contributed by atoms with Gasteiger partial charge in [-0.3, -0.25) is 0 Å². The van der Waals surface area contributed by atoms with Crippen LogP contribution in [0.5, 0.6) is 11.5 Å². The third-order valence-electron chi connectivity index (χ3n) is 3.91. The van der Waals surface area contributed by atoms with Crippen LogP contribution in [-0.2, 0) is 0 Å². The molecule has 0 bridgehead atoms. The van der Waals surface area contributed by atoms with Crippen molar-refractivity contribution in [2.24, 2.45) is 0 Å². The topological polar surface area (TPSA) is 38.7 Å². The molecule has 1 aliphatic carbocycles. The Hall–Kier alpha value is -1.48. The summed E-state index contributed by atoms with van der Waals surface area (Å²) in [7, 11) is 0. The van der Waals surface area contributed by atoms with Crippen LogP contribution in [0.15, 0.2) is 30.4 Å². The van der Waals surface area contributed by atoms with Gasteiger partial charge >= 0.3 is 0 Å². The Bertz CT molecular complexity index is 519. The van der Waals surface area contributed by atoms with Crippen LogP contribution in [0.3, 0.4) is 0 Å². The van der Waals surface area contributed by atoms with Gasteiger partial charge in [0, 0.05) is 18.1 Å². The average molecular weight is 274 g/mol. The Kier molecular flexibility index (Phi) is 3.47. The van der Waals surface area contributed by atoms with E-state index >= 15 is 0 Å². The van der Waals surface area contributed by atoms with Crippen molar-refractivity contribution in [1.29, 1.82) is 0 Å². The van der Waals surface area contributed by atoms with Crippen molar-refractivity contribution >= 4 is 0 Å². The maximum absolute atomic E-state index is 10.2. The van der Waals surface area contributed by atoms with Crippen LogP contribution in [0, 0.1) is 0 Å². The van der Waals surface area contributed by atoms with Gasteiger partial charge < -0.3 is 14.6 Å². The second kappa shape index (κ2) is 5.13. The number of rotatable bonds is 2. The Morgan fingerprint density at radius 3 is 2.95 bits per heavy atom. The van der Waals surface area contributed by atoms with Crippen LogP contribution < -0.4 is 9.47 Å². The summed E-state index contributed by atoms with van der Waals surface area (Å²) in [4.78, 5) is 0. The molecule has 2 atom stereocenters. The highest BCUT2D eigenvalue weighted by Gasteiger charge is 2.32. The first kappa shape index (κ1) is 13.5. The molecule has 0 saturated heterocycles. The minimum Gasteiger partial charge on any atom is -0.487 e. The highest BCUT2D eigenvalue weighted by molar-refractivity contribution is 5.44. The molecule has 1 aromatic carbocycles. The minimum absolute atomic E-state index is 0.156. The van der Waals surface area contributed by atoms with Gasteiger partial charge in [-0.2, -0.15) is 0 Å². The number of aliphatic hydroxyl groups is 1. The van der Waals surface area contributed by atoms with E-state index < -0.39 is 6.10 Å². The SMILES string of the molecule is CC1(C)CC(O)c2ccc(OC3C=CCCC3)cc2O1. The van der Waals surface area contributed by atoms with Crippen LogP contribution in [0.25, 0.3) is 0 Å². The van der Waals surface area contributed by atoms with E-state index in [9.17, 15) is 5.11 Å². The molecule has 3 heteroatoms. The van der Waals surface area contributed by atoms with E-state index in [1.807, 2.05) is 32.0 Å². The van der Waals surface area contributed by atoms with Crippen molar-refractivity contribution in [2.45, 2.75) is 57.3 Å². The van der Waals surface area contributed by atoms with E-state index in [-0.39, 0.29) is 11.7 Å². The standard InChI is InChI=1S/C17H22O3/c1-17(2)11-15(18)14-9-8-13(10-16(14)20-17)19-12-6-4-3-5-7-12/h4,6,8-10,12,15,18H,3,5,7,11H2,1-2H3. The summed E-state index contributed by atoms with van der Waals surface area (Å²) in [5.41, 5.74) is 0.520. The maximum Gasteiger partial charge on any atom is 0.129 e. The van der Waals surface area contributed by atoms with Crippen LogP contribution in [-0.4, -0.2) is 16.8 Å². The average Bonchev–Trinajstić information content (AvgIpc) is 2.38. The Morgan fingerprint density at radius 2 is 2.20 bits per heavy atom. The van der Waals surface area contributed by atoms with Gasteiger partial charge in [0.25, 0.3) is 0 Å². The zero-order valence-electron chi connectivity index (χ0n) is 12.1. The normalized spacial score (nSPS) is 27.6. The number of aliphatic hydroxyl groups excluding tert-OH is 1. The molecular formula is C17H22O3. The zero-order chi connectivity index (χ0) is 14.2. The summed E-state index contributed by atoms with van der Waals surface area (Å²) in [6.45, 7) is 3.99. The molecule has 2 unspecified atom stereocenters. The lowest BCUT2D eigenvalue weighted by Crippen LogP contribution is -2.34. The number of hydrogen-bond acceptors (Lipinski definition) is 3. The fourth-order valence-corrected chi connectivity index (χ4v) is 2.92. The quantitative estimate of drug-likeness (QED) is 0.834. The van der Waals surface area contributed by atoms with Crippen molar-refractivity contribution in [3.05, 3.63) is 35.9 Å². The van der Waals surface area contributed by atoms with Crippen LogP contribution in [0.2, 0.25) is 0 Å². The molecule has 0 fully saturated rings. The van der Waals surface area contributed by atoms with E-state index in [1.54, 1.807) is 0 Å². The number of fused-ring (bicyclic) bond motifs is 1. The number of allylic oxidation sites excluding steroid dienone is 1. The van der Waals surface area contributed by atoms with Gasteiger partial charge in [-0.25, -0.2) is 0 Å². The summed E-state index contributed by atoms with van der Waals surface area (Å²) in [5.74, 6) is 1.55. The second-order valence-corrected chi connectivity index (χ2v) is 6.30. The third kappa shape index (κ3) is 2.83. The molecule has 3 rings (SSSR count). The molecule has 2 aliphatic rings. The van der Waals surface area contributed by atoms with Crippen molar-refractivity contribution < 1.29 is 14.6 Å². The van der Waals surface area contributed by atoms with Crippen molar-refractivity contribution in [1.82, 2.24) is 0 Å². The van der Waals surface area contributed by atoms with Crippen LogP contribution in [0.4, 0.5) is 0 Å². The van der Waals surface area contributed by atoms with Gasteiger partial charge in [-0.1, -0.05) is 6.08 Å². The van der Waals surface area contributed by atoms with Gasteiger partial charge in [0.1, 0.15) is 23.2 Å². The number of benzene rings is 1. The molecule has 1 aromatic rings. The zero-order valence-corrected chi connectivity index (χ0v) is 12.1. The Labute approximate surface area is 120 Å². The van der Waals surface area contributed by atoms with Crippen molar-refractivity contribution in [2.75, 3.05) is 0 Å². The molecule has 1 N–H and O–H groups in total. The maximum atomic E-state index is 10.2. The van der Waals surface area contributed by atoms with Crippen molar-refractivity contribution in [3.63, 3.8) is 0 Å². The van der Waals surface area contributed by atoms with E-state index in [4.69, 9.17) is 9.47 Å². The molecule has 1 heterocycles. The van der Waals surface area contributed by atoms with Gasteiger partial charge in [0.05, 0.1) is 6.10 Å². The van der Waals surface area contributed by atoms with Gasteiger partial charge in [0.15, 0.2) is 0 Å². The Balaban J connectivity index is 1.81. The lowest BCUT2D eigenvalue weighted by atomic mass is 9.92. The summed E-state index contributed by atoms with van der Waals surface area (Å²) in [6.07, 6.45) is 8.00. The number of hydrogen-bond donors (Lipinski definition) is 1. The summed E-state index contributed by atoms with van der Waals surface area (Å²) in [6, 6.07) is 5.74. The van der Waals surface area contributed by atoms with E-state index in [2.05, 4.69) is 12.2 Å². The lowest BCUT2D eigenvalue weighted by molar-refractivity contribution is 0.0112. The molecular weight excluding hydrogens is 252 g/mol. The first-order chi connectivity index (χ1) is 9.53. The predicted octanol–water partition coefficient (Wildman–Crippen LogP) is 3.77. The summed E-state index contributed by atoms with van der Waals surface area (Å²) in [5, 5.41) is 10.2. The second-order valence-electron chi connectivity index (χ2n) is 6.30. The molecule has 3 nitrogen and oxygen atoms in total. The van der Waals surface area contributed by atoms with Crippen LogP contribution in [0.1, 0.15) is 51.2 Å².